The van der Waals surface area contributed by atoms with E-state index < -0.39 is 12.2 Å². The molecule has 4 nitrogen and oxygen atoms in total. The van der Waals surface area contributed by atoms with Crippen LogP contribution in [-0.4, -0.2) is 33.0 Å². The first-order valence-electron chi connectivity index (χ1n) is 4.54. The summed E-state index contributed by atoms with van der Waals surface area (Å²) in [6.45, 7) is 1.68. The smallest absolute Gasteiger partial charge is 0.105 e. The first-order chi connectivity index (χ1) is 6.65. The summed E-state index contributed by atoms with van der Waals surface area (Å²) in [4.78, 5) is 3.99. The van der Waals surface area contributed by atoms with E-state index in [9.17, 15) is 10.2 Å². The highest BCUT2D eigenvalue weighted by atomic mass is 16.3. The maximum atomic E-state index is 9.66. The van der Waals surface area contributed by atoms with Gasteiger partial charge in [0.15, 0.2) is 0 Å². The summed E-state index contributed by atoms with van der Waals surface area (Å²) in [5.41, 5.74) is 1.41. The lowest BCUT2D eigenvalue weighted by atomic mass is 10.0. The van der Waals surface area contributed by atoms with Crippen LogP contribution in [0.2, 0.25) is 0 Å². The van der Waals surface area contributed by atoms with Crippen LogP contribution >= 0.6 is 0 Å². The second kappa shape index (κ2) is 5.05. The molecule has 0 aliphatic rings. The molecule has 2 unspecified atom stereocenters. The molecular formula is C10H15NO3. The largest absolute Gasteiger partial charge is 0.396 e. The Hall–Kier alpha value is -0.970. The molecule has 0 saturated heterocycles. The average molecular weight is 197 g/mol. The van der Waals surface area contributed by atoms with Crippen LogP contribution < -0.4 is 0 Å². The third-order valence-electron chi connectivity index (χ3n) is 2.05. The van der Waals surface area contributed by atoms with E-state index in [1.807, 2.05) is 6.92 Å². The van der Waals surface area contributed by atoms with Gasteiger partial charge in [-0.2, -0.15) is 0 Å². The SMILES string of the molecule is Cc1cc(C(O)C(O)CCO)ccn1. The van der Waals surface area contributed by atoms with Crippen LogP contribution in [0.1, 0.15) is 23.8 Å². The minimum Gasteiger partial charge on any atom is -0.396 e. The normalized spacial score (nSPS) is 15.1. The predicted octanol–water partition coefficient (Wildman–Crippen LogP) is 0.167. The maximum Gasteiger partial charge on any atom is 0.105 e. The van der Waals surface area contributed by atoms with Gasteiger partial charge in [-0.15, -0.1) is 0 Å². The highest BCUT2D eigenvalue weighted by Gasteiger charge is 2.17. The summed E-state index contributed by atoms with van der Waals surface area (Å²) in [6, 6.07) is 3.36. The Bertz CT molecular complexity index is 290. The Morgan fingerprint density at radius 2 is 2.14 bits per heavy atom. The second-order valence-electron chi connectivity index (χ2n) is 3.26. The molecule has 1 rings (SSSR count). The van der Waals surface area contributed by atoms with Gasteiger partial charge in [0.1, 0.15) is 6.10 Å². The number of rotatable bonds is 4. The molecule has 0 aliphatic heterocycles. The summed E-state index contributed by atoms with van der Waals surface area (Å²) in [6.07, 6.45) is -0.132. The van der Waals surface area contributed by atoms with Gasteiger partial charge < -0.3 is 15.3 Å². The molecule has 0 saturated carbocycles. The standard InChI is InChI=1S/C10H15NO3/c1-7-6-8(2-4-11-7)10(14)9(13)3-5-12/h2,4,6,9-10,12-14H,3,5H2,1H3. The van der Waals surface area contributed by atoms with Crippen LogP contribution in [0.4, 0.5) is 0 Å². The Morgan fingerprint density at radius 1 is 1.43 bits per heavy atom. The molecule has 0 radical (unpaired) electrons. The minimum atomic E-state index is -0.955. The fraction of sp³-hybridized carbons (Fsp3) is 0.500. The average Bonchev–Trinajstić information content (AvgIpc) is 2.17. The molecule has 78 valence electrons. The molecule has 0 aromatic carbocycles. The molecule has 1 aromatic heterocycles. The zero-order valence-electron chi connectivity index (χ0n) is 8.09. The molecule has 14 heavy (non-hydrogen) atoms. The molecule has 0 amide bonds. The molecule has 0 fully saturated rings. The number of pyridine rings is 1. The summed E-state index contributed by atoms with van der Waals surface area (Å²) < 4.78 is 0. The van der Waals surface area contributed by atoms with Crippen LogP contribution in [0.15, 0.2) is 18.3 Å². The number of nitrogens with zero attached hydrogens (tertiary/aromatic N) is 1. The van der Waals surface area contributed by atoms with Crippen molar-refractivity contribution in [2.75, 3.05) is 6.61 Å². The van der Waals surface area contributed by atoms with Crippen LogP contribution in [0.25, 0.3) is 0 Å². The van der Waals surface area contributed by atoms with Crippen molar-refractivity contribution in [3.8, 4) is 0 Å². The van der Waals surface area contributed by atoms with E-state index in [-0.39, 0.29) is 13.0 Å². The Balaban J connectivity index is 2.73. The van der Waals surface area contributed by atoms with E-state index in [0.717, 1.165) is 5.69 Å². The number of hydrogen-bond acceptors (Lipinski definition) is 4. The van der Waals surface area contributed by atoms with E-state index in [2.05, 4.69) is 4.98 Å². The fourth-order valence-corrected chi connectivity index (χ4v) is 1.26. The van der Waals surface area contributed by atoms with Crippen molar-refractivity contribution in [2.45, 2.75) is 25.6 Å². The van der Waals surface area contributed by atoms with Crippen molar-refractivity contribution >= 4 is 0 Å². The first-order valence-corrected chi connectivity index (χ1v) is 4.54. The van der Waals surface area contributed by atoms with Crippen molar-refractivity contribution in [1.29, 1.82) is 0 Å². The lowest BCUT2D eigenvalue weighted by molar-refractivity contribution is 0.00415. The topological polar surface area (TPSA) is 73.6 Å². The molecule has 2 atom stereocenters. The van der Waals surface area contributed by atoms with Gasteiger partial charge in [-0.25, -0.2) is 0 Å². The number of aliphatic hydroxyl groups is 3. The lowest BCUT2D eigenvalue weighted by Gasteiger charge is -2.17. The highest BCUT2D eigenvalue weighted by Crippen LogP contribution is 2.18. The van der Waals surface area contributed by atoms with Gasteiger partial charge in [0.05, 0.1) is 6.10 Å². The minimum absolute atomic E-state index is 0.137. The maximum absolute atomic E-state index is 9.66. The van der Waals surface area contributed by atoms with E-state index >= 15 is 0 Å². The van der Waals surface area contributed by atoms with Crippen molar-refractivity contribution in [2.24, 2.45) is 0 Å². The van der Waals surface area contributed by atoms with Crippen molar-refractivity contribution in [3.05, 3.63) is 29.6 Å². The highest BCUT2D eigenvalue weighted by molar-refractivity contribution is 5.18. The van der Waals surface area contributed by atoms with Gasteiger partial charge >= 0.3 is 0 Å². The molecule has 3 N–H and O–H groups in total. The van der Waals surface area contributed by atoms with Gasteiger partial charge in [0.25, 0.3) is 0 Å². The molecule has 1 aromatic rings. The zero-order valence-corrected chi connectivity index (χ0v) is 8.09. The van der Waals surface area contributed by atoms with Crippen molar-refractivity contribution < 1.29 is 15.3 Å². The third kappa shape index (κ3) is 2.77. The van der Waals surface area contributed by atoms with Crippen LogP contribution in [-0.2, 0) is 0 Å². The molecule has 0 bridgehead atoms. The van der Waals surface area contributed by atoms with E-state index in [0.29, 0.717) is 5.56 Å². The second-order valence-corrected chi connectivity index (χ2v) is 3.26. The number of aryl methyl sites for hydroxylation is 1. The van der Waals surface area contributed by atoms with Crippen LogP contribution in [0, 0.1) is 6.92 Å². The summed E-state index contributed by atoms with van der Waals surface area (Å²) in [5.74, 6) is 0. The number of aromatic nitrogens is 1. The molecule has 0 spiro atoms. The Morgan fingerprint density at radius 3 is 2.71 bits per heavy atom. The molecule has 1 heterocycles. The summed E-state index contributed by atoms with van der Waals surface area (Å²) >= 11 is 0. The molecular weight excluding hydrogens is 182 g/mol. The van der Waals surface area contributed by atoms with Crippen molar-refractivity contribution in [1.82, 2.24) is 4.98 Å². The lowest BCUT2D eigenvalue weighted by Crippen LogP contribution is -2.19. The Labute approximate surface area is 82.9 Å². The van der Waals surface area contributed by atoms with Crippen LogP contribution in [0.3, 0.4) is 0 Å². The van der Waals surface area contributed by atoms with E-state index in [4.69, 9.17) is 5.11 Å². The monoisotopic (exact) mass is 197 g/mol. The predicted molar refractivity (Wildman–Crippen MR) is 51.6 cm³/mol. The van der Waals surface area contributed by atoms with Crippen LogP contribution in [0.5, 0.6) is 0 Å². The van der Waals surface area contributed by atoms with Crippen molar-refractivity contribution in [3.63, 3.8) is 0 Å². The summed E-state index contributed by atoms with van der Waals surface area (Å²) in [7, 11) is 0. The first kappa shape index (κ1) is 11.1. The zero-order chi connectivity index (χ0) is 10.6. The van der Waals surface area contributed by atoms with Gasteiger partial charge in [0.2, 0.25) is 0 Å². The van der Waals surface area contributed by atoms with Gasteiger partial charge in [-0.05, 0) is 31.0 Å². The van der Waals surface area contributed by atoms with Gasteiger partial charge in [0, 0.05) is 18.5 Å². The quantitative estimate of drug-likeness (QED) is 0.643. The van der Waals surface area contributed by atoms with Gasteiger partial charge in [-0.1, -0.05) is 0 Å². The van der Waals surface area contributed by atoms with E-state index in [1.165, 1.54) is 0 Å². The Kier molecular flexibility index (Phi) is 4.00. The summed E-state index contributed by atoms with van der Waals surface area (Å²) in [5, 5.41) is 27.7. The number of aliphatic hydroxyl groups excluding tert-OH is 3. The third-order valence-corrected chi connectivity index (χ3v) is 2.05. The van der Waals surface area contributed by atoms with E-state index in [1.54, 1.807) is 18.3 Å². The fourth-order valence-electron chi connectivity index (χ4n) is 1.26. The number of hydrogen-bond donors (Lipinski definition) is 3. The molecule has 0 aliphatic carbocycles. The molecule has 4 heteroatoms. The van der Waals surface area contributed by atoms with Gasteiger partial charge in [-0.3, -0.25) is 4.98 Å².